The van der Waals surface area contributed by atoms with E-state index in [1.165, 1.54) is 24.3 Å². The van der Waals surface area contributed by atoms with Crippen LogP contribution in [0.5, 0.6) is 0 Å². The summed E-state index contributed by atoms with van der Waals surface area (Å²) < 4.78 is 17.7. The number of nitrogens with zero attached hydrogens (tertiary/aromatic N) is 4. The molecule has 0 aliphatic heterocycles. The Morgan fingerprint density at radius 2 is 2.15 bits per heavy atom. The van der Waals surface area contributed by atoms with Gasteiger partial charge in [-0.25, -0.2) is 4.39 Å². The molecular formula is C12H14FN5O2. The second-order valence-electron chi connectivity index (χ2n) is 4.21. The molecule has 0 fully saturated rings. The van der Waals surface area contributed by atoms with Crippen molar-refractivity contribution in [2.24, 2.45) is 0 Å². The van der Waals surface area contributed by atoms with Crippen molar-refractivity contribution < 1.29 is 13.9 Å². The molecule has 106 valence electrons. The molecule has 0 spiro atoms. The van der Waals surface area contributed by atoms with Gasteiger partial charge in [0.1, 0.15) is 5.82 Å². The van der Waals surface area contributed by atoms with E-state index >= 15 is 0 Å². The van der Waals surface area contributed by atoms with Crippen LogP contribution in [0.25, 0.3) is 5.69 Å². The highest BCUT2D eigenvalue weighted by molar-refractivity contribution is 5.90. The normalized spacial score (nSPS) is 12.2. The number of methoxy groups -OCH3 is 1. The lowest BCUT2D eigenvalue weighted by Gasteiger charge is -2.10. The topological polar surface area (TPSA) is 81.9 Å². The fourth-order valence-electron chi connectivity index (χ4n) is 1.57. The van der Waals surface area contributed by atoms with Crippen LogP contribution in [-0.4, -0.2) is 45.9 Å². The van der Waals surface area contributed by atoms with E-state index in [0.29, 0.717) is 12.3 Å². The number of tetrazole rings is 1. The van der Waals surface area contributed by atoms with Gasteiger partial charge in [0.05, 0.1) is 12.3 Å². The van der Waals surface area contributed by atoms with Gasteiger partial charge in [0.2, 0.25) is 0 Å². The van der Waals surface area contributed by atoms with E-state index in [4.69, 9.17) is 4.74 Å². The number of halogens is 1. The minimum Gasteiger partial charge on any atom is -0.383 e. The van der Waals surface area contributed by atoms with Crippen LogP contribution in [0, 0.1) is 5.82 Å². The van der Waals surface area contributed by atoms with E-state index in [0.717, 1.165) is 4.80 Å². The highest BCUT2D eigenvalue weighted by Crippen LogP contribution is 2.06. The highest BCUT2D eigenvalue weighted by atomic mass is 19.1. The molecule has 0 radical (unpaired) electrons. The molecule has 7 nitrogen and oxygen atoms in total. The lowest BCUT2D eigenvalue weighted by atomic mass is 10.3. The summed E-state index contributed by atoms with van der Waals surface area (Å²) in [7, 11) is 1.55. The number of ether oxygens (including phenoxy) is 1. The third-order valence-electron chi connectivity index (χ3n) is 2.47. The molecule has 0 unspecified atom stereocenters. The first-order chi connectivity index (χ1) is 9.60. The number of aromatic nitrogens is 4. The summed E-state index contributed by atoms with van der Waals surface area (Å²) in [5.41, 5.74) is 0.517. The lowest BCUT2D eigenvalue weighted by Crippen LogP contribution is -2.36. The van der Waals surface area contributed by atoms with E-state index in [1.54, 1.807) is 14.0 Å². The quantitative estimate of drug-likeness (QED) is 0.865. The molecular weight excluding hydrogens is 265 g/mol. The Balaban J connectivity index is 2.08. The van der Waals surface area contributed by atoms with E-state index in [9.17, 15) is 9.18 Å². The SMILES string of the molecule is COC[C@@H](C)NC(=O)c1nnn(-c2ccc(F)cc2)n1. The maximum Gasteiger partial charge on any atom is 0.293 e. The summed E-state index contributed by atoms with van der Waals surface area (Å²) in [5.74, 6) is -0.861. The van der Waals surface area contributed by atoms with Crippen LogP contribution in [0.2, 0.25) is 0 Å². The number of hydrogen-bond donors (Lipinski definition) is 1. The van der Waals surface area contributed by atoms with Gasteiger partial charge in [0, 0.05) is 13.2 Å². The lowest BCUT2D eigenvalue weighted by molar-refractivity contribution is 0.0895. The van der Waals surface area contributed by atoms with Crippen molar-refractivity contribution in [3.8, 4) is 5.69 Å². The number of carbonyl (C=O) groups is 1. The van der Waals surface area contributed by atoms with Crippen molar-refractivity contribution in [2.75, 3.05) is 13.7 Å². The van der Waals surface area contributed by atoms with E-state index in [1.807, 2.05) is 0 Å². The monoisotopic (exact) mass is 279 g/mol. The Hall–Kier alpha value is -2.35. The molecule has 2 rings (SSSR count). The second-order valence-corrected chi connectivity index (χ2v) is 4.21. The Bertz CT molecular complexity index is 584. The van der Waals surface area contributed by atoms with Crippen molar-refractivity contribution in [1.82, 2.24) is 25.5 Å². The molecule has 0 bridgehead atoms. The van der Waals surface area contributed by atoms with Gasteiger partial charge in [-0.3, -0.25) is 4.79 Å². The Morgan fingerprint density at radius 1 is 1.45 bits per heavy atom. The van der Waals surface area contributed by atoms with Gasteiger partial charge >= 0.3 is 0 Å². The highest BCUT2D eigenvalue weighted by Gasteiger charge is 2.15. The summed E-state index contributed by atoms with van der Waals surface area (Å²) in [6.45, 7) is 2.18. The van der Waals surface area contributed by atoms with Crippen molar-refractivity contribution in [3.05, 3.63) is 35.9 Å². The molecule has 20 heavy (non-hydrogen) atoms. The van der Waals surface area contributed by atoms with Crippen LogP contribution in [0.15, 0.2) is 24.3 Å². The third kappa shape index (κ3) is 3.35. The number of carbonyl (C=O) groups excluding carboxylic acids is 1. The molecule has 0 aliphatic carbocycles. The van der Waals surface area contributed by atoms with Gasteiger partial charge in [-0.1, -0.05) is 0 Å². The van der Waals surface area contributed by atoms with Crippen LogP contribution in [0.3, 0.4) is 0 Å². The van der Waals surface area contributed by atoms with Gasteiger partial charge in [-0.05, 0) is 36.4 Å². The van der Waals surface area contributed by atoms with Crippen molar-refractivity contribution in [3.63, 3.8) is 0 Å². The number of nitrogens with one attached hydrogen (secondary N) is 1. The van der Waals surface area contributed by atoms with Crippen LogP contribution in [0.4, 0.5) is 4.39 Å². The summed E-state index contributed by atoms with van der Waals surface area (Å²) in [6, 6.07) is 5.38. The fraction of sp³-hybridized carbons (Fsp3) is 0.333. The molecule has 1 heterocycles. The molecule has 1 N–H and O–H groups in total. The van der Waals surface area contributed by atoms with Crippen molar-refractivity contribution in [2.45, 2.75) is 13.0 Å². The second kappa shape index (κ2) is 6.20. The average Bonchev–Trinajstić information content (AvgIpc) is 2.89. The number of amides is 1. The zero-order valence-electron chi connectivity index (χ0n) is 11.1. The van der Waals surface area contributed by atoms with Gasteiger partial charge in [-0.15, -0.1) is 15.0 Å². The first-order valence-corrected chi connectivity index (χ1v) is 5.96. The first-order valence-electron chi connectivity index (χ1n) is 5.96. The van der Waals surface area contributed by atoms with E-state index in [2.05, 4.69) is 20.7 Å². The van der Waals surface area contributed by atoms with Gasteiger partial charge in [-0.2, -0.15) is 0 Å². The fourth-order valence-corrected chi connectivity index (χ4v) is 1.57. The number of hydrogen-bond acceptors (Lipinski definition) is 5. The maximum atomic E-state index is 12.8. The predicted octanol–water partition coefficient (Wildman–Crippen LogP) is 0.566. The summed E-state index contributed by atoms with van der Waals surface area (Å²) in [4.78, 5) is 13.0. The van der Waals surface area contributed by atoms with Crippen LogP contribution in [0.1, 0.15) is 17.5 Å². The van der Waals surface area contributed by atoms with E-state index < -0.39 is 5.91 Å². The minimum atomic E-state index is -0.442. The molecule has 0 saturated heterocycles. The standard InChI is InChI=1S/C12H14FN5O2/c1-8(7-20-2)14-12(19)11-15-17-18(16-11)10-5-3-9(13)4-6-10/h3-6,8H,7H2,1-2H3,(H,14,19)/t8-/m1/s1. The van der Waals surface area contributed by atoms with Gasteiger partial charge in [0.15, 0.2) is 0 Å². The Morgan fingerprint density at radius 3 is 2.80 bits per heavy atom. The van der Waals surface area contributed by atoms with Gasteiger partial charge in [0.25, 0.3) is 11.7 Å². The Labute approximate surface area is 114 Å². The summed E-state index contributed by atoms with van der Waals surface area (Å²) in [5, 5.41) is 14.0. The van der Waals surface area contributed by atoms with Crippen molar-refractivity contribution >= 4 is 5.91 Å². The molecule has 1 amide bonds. The molecule has 1 aromatic heterocycles. The molecule has 1 aromatic carbocycles. The molecule has 0 saturated carbocycles. The molecule has 0 aliphatic rings. The zero-order chi connectivity index (χ0) is 14.5. The molecule has 2 aromatic rings. The molecule has 1 atom stereocenters. The average molecular weight is 279 g/mol. The Kier molecular flexibility index (Phi) is 4.36. The zero-order valence-corrected chi connectivity index (χ0v) is 11.1. The van der Waals surface area contributed by atoms with Crippen LogP contribution in [-0.2, 0) is 4.74 Å². The summed E-state index contributed by atoms with van der Waals surface area (Å²) in [6.07, 6.45) is 0. The maximum absolute atomic E-state index is 12.8. The predicted molar refractivity (Wildman–Crippen MR) is 67.9 cm³/mol. The first kappa shape index (κ1) is 14.1. The third-order valence-corrected chi connectivity index (χ3v) is 2.47. The van der Waals surface area contributed by atoms with E-state index in [-0.39, 0.29) is 17.7 Å². The smallest absolute Gasteiger partial charge is 0.293 e. The van der Waals surface area contributed by atoms with Crippen molar-refractivity contribution in [1.29, 1.82) is 0 Å². The summed E-state index contributed by atoms with van der Waals surface area (Å²) >= 11 is 0. The van der Waals surface area contributed by atoms with Gasteiger partial charge < -0.3 is 10.1 Å². The molecule has 8 heteroatoms. The largest absolute Gasteiger partial charge is 0.383 e. The van der Waals surface area contributed by atoms with Crippen LogP contribution < -0.4 is 5.32 Å². The number of rotatable bonds is 5. The minimum absolute atomic E-state index is 0.0581. The number of benzene rings is 1. The van der Waals surface area contributed by atoms with Crippen LogP contribution >= 0.6 is 0 Å².